The van der Waals surface area contributed by atoms with Gasteiger partial charge in [-0.3, -0.25) is 4.79 Å². The predicted molar refractivity (Wildman–Crippen MR) is 88.5 cm³/mol. The molecule has 1 unspecified atom stereocenters. The molecule has 124 valence electrons. The lowest BCUT2D eigenvalue weighted by Crippen LogP contribution is -2.38. The van der Waals surface area contributed by atoms with E-state index in [1.54, 1.807) is 0 Å². The molecule has 1 atom stereocenters. The van der Waals surface area contributed by atoms with E-state index in [0.717, 1.165) is 0 Å². The second kappa shape index (κ2) is 6.43. The molecule has 0 aromatic heterocycles. The maximum atomic E-state index is 13.3. The van der Waals surface area contributed by atoms with Gasteiger partial charge in [-0.2, -0.15) is 0 Å². The molecule has 2 aromatic carbocycles. The van der Waals surface area contributed by atoms with Crippen LogP contribution in [0.15, 0.2) is 42.5 Å². The first-order chi connectivity index (χ1) is 11.4. The zero-order valence-corrected chi connectivity index (χ0v) is 13.5. The van der Waals surface area contributed by atoms with E-state index in [9.17, 15) is 14.0 Å². The van der Waals surface area contributed by atoms with E-state index in [1.807, 2.05) is 24.3 Å². The average molecular weight is 327 g/mol. The van der Waals surface area contributed by atoms with Crippen LogP contribution in [0.1, 0.15) is 41.3 Å². The largest absolute Gasteiger partial charge is 0.448 e. The summed E-state index contributed by atoms with van der Waals surface area (Å²) in [6.45, 7) is 4.18. The summed E-state index contributed by atoms with van der Waals surface area (Å²) >= 11 is 0. The Morgan fingerprint density at radius 2 is 1.92 bits per heavy atom. The molecule has 1 amide bonds. The molecule has 1 heterocycles. The van der Waals surface area contributed by atoms with Crippen LogP contribution < -0.4 is 5.32 Å². The number of benzene rings is 2. The van der Waals surface area contributed by atoms with Gasteiger partial charge in [-0.25, -0.2) is 9.18 Å². The predicted octanol–water partition coefficient (Wildman–Crippen LogP) is 3.67. The van der Waals surface area contributed by atoms with Crippen molar-refractivity contribution < 1.29 is 18.7 Å². The number of rotatable bonds is 3. The average Bonchev–Trinajstić information content (AvgIpc) is 2.54. The summed E-state index contributed by atoms with van der Waals surface area (Å²) < 4.78 is 18.5. The van der Waals surface area contributed by atoms with Crippen LogP contribution in [0.4, 0.5) is 10.1 Å². The van der Waals surface area contributed by atoms with Crippen molar-refractivity contribution in [3.8, 4) is 0 Å². The van der Waals surface area contributed by atoms with Gasteiger partial charge in [-0.05, 0) is 47.4 Å². The summed E-state index contributed by atoms with van der Waals surface area (Å²) in [5, 5.41) is 2.73. The second-order valence-corrected chi connectivity index (χ2v) is 6.17. The lowest BCUT2D eigenvalue weighted by Gasteiger charge is -2.24. The van der Waals surface area contributed by atoms with Gasteiger partial charge in [0.1, 0.15) is 5.82 Å². The van der Waals surface area contributed by atoms with Gasteiger partial charge >= 0.3 is 5.97 Å². The zero-order chi connectivity index (χ0) is 17.3. The molecule has 2 aromatic rings. The first-order valence-electron chi connectivity index (χ1n) is 7.84. The van der Waals surface area contributed by atoms with Crippen LogP contribution in [0.25, 0.3) is 0 Å². The highest BCUT2D eigenvalue weighted by atomic mass is 19.1. The van der Waals surface area contributed by atoms with Crippen molar-refractivity contribution in [3.63, 3.8) is 0 Å². The number of cyclic esters (lactones) is 1. The van der Waals surface area contributed by atoms with Crippen LogP contribution in [0.2, 0.25) is 0 Å². The molecule has 0 saturated heterocycles. The first kappa shape index (κ1) is 16.2. The zero-order valence-electron chi connectivity index (χ0n) is 13.5. The highest BCUT2D eigenvalue weighted by Gasteiger charge is 2.31. The smallest absolute Gasteiger partial charge is 0.339 e. The molecule has 1 aliphatic rings. The third-order valence-corrected chi connectivity index (χ3v) is 4.08. The van der Waals surface area contributed by atoms with E-state index in [2.05, 4.69) is 19.2 Å². The SMILES string of the molecule is CC(C)c1ccc(NC(=O)C2Cc3cc(F)ccc3C(=O)O2)cc1. The van der Waals surface area contributed by atoms with Crippen molar-refractivity contribution in [1.82, 2.24) is 0 Å². The molecule has 24 heavy (non-hydrogen) atoms. The fourth-order valence-corrected chi connectivity index (χ4v) is 2.68. The number of esters is 1. The van der Waals surface area contributed by atoms with Crippen LogP contribution in [-0.2, 0) is 16.0 Å². The van der Waals surface area contributed by atoms with Gasteiger partial charge in [0.15, 0.2) is 6.10 Å². The third-order valence-electron chi connectivity index (χ3n) is 4.08. The van der Waals surface area contributed by atoms with E-state index < -0.39 is 23.8 Å². The Kier molecular flexibility index (Phi) is 4.34. The molecule has 1 aliphatic heterocycles. The number of carbonyl (C=O) groups excluding carboxylic acids is 2. The van der Waals surface area contributed by atoms with Crippen LogP contribution in [0.5, 0.6) is 0 Å². The molecule has 4 nitrogen and oxygen atoms in total. The van der Waals surface area contributed by atoms with Gasteiger partial charge < -0.3 is 10.1 Å². The monoisotopic (exact) mass is 327 g/mol. The molecule has 1 N–H and O–H groups in total. The second-order valence-electron chi connectivity index (χ2n) is 6.17. The Bertz CT molecular complexity index is 784. The number of anilines is 1. The minimum Gasteiger partial charge on any atom is -0.448 e. The van der Waals surface area contributed by atoms with Gasteiger partial charge in [-0.1, -0.05) is 26.0 Å². The molecule has 0 aliphatic carbocycles. The third kappa shape index (κ3) is 3.30. The number of hydrogen-bond acceptors (Lipinski definition) is 3. The Hall–Kier alpha value is -2.69. The highest BCUT2D eigenvalue weighted by molar-refractivity contribution is 6.00. The fourth-order valence-electron chi connectivity index (χ4n) is 2.68. The summed E-state index contributed by atoms with van der Waals surface area (Å²) in [6, 6.07) is 11.4. The van der Waals surface area contributed by atoms with E-state index in [4.69, 9.17) is 4.74 Å². The number of nitrogens with one attached hydrogen (secondary N) is 1. The Balaban J connectivity index is 1.73. The number of carbonyl (C=O) groups is 2. The van der Waals surface area contributed by atoms with Crippen molar-refractivity contribution in [3.05, 3.63) is 65.0 Å². The molecule has 0 fully saturated rings. The number of halogens is 1. The van der Waals surface area contributed by atoms with E-state index in [0.29, 0.717) is 22.7 Å². The van der Waals surface area contributed by atoms with Gasteiger partial charge in [0.05, 0.1) is 5.56 Å². The van der Waals surface area contributed by atoms with Crippen molar-refractivity contribution in [1.29, 1.82) is 0 Å². The Morgan fingerprint density at radius 3 is 2.58 bits per heavy atom. The van der Waals surface area contributed by atoms with Crippen molar-refractivity contribution in [2.45, 2.75) is 32.3 Å². The number of hydrogen-bond donors (Lipinski definition) is 1. The van der Waals surface area contributed by atoms with Gasteiger partial charge in [0.25, 0.3) is 5.91 Å². The van der Waals surface area contributed by atoms with E-state index in [1.165, 1.54) is 23.8 Å². The Morgan fingerprint density at radius 1 is 1.21 bits per heavy atom. The fraction of sp³-hybridized carbons (Fsp3) is 0.263. The number of ether oxygens (including phenoxy) is 1. The molecule has 0 saturated carbocycles. The summed E-state index contributed by atoms with van der Waals surface area (Å²) in [5.41, 5.74) is 2.59. The van der Waals surface area contributed by atoms with E-state index in [-0.39, 0.29) is 6.42 Å². The molecule has 0 spiro atoms. The van der Waals surface area contributed by atoms with Gasteiger partial charge in [0.2, 0.25) is 0 Å². The normalized spacial score (nSPS) is 16.5. The number of amides is 1. The van der Waals surface area contributed by atoms with Crippen molar-refractivity contribution in [2.24, 2.45) is 0 Å². The van der Waals surface area contributed by atoms with Crippen LogP contribution >= 0.6 is 0 Å². The molecule has 5 heteroatoms. The molecule has 0 radical (unpaired) electrons. The lowest BCUT2D eigenvalue weighted by atomic mass is 9.98. The van der Waals surface area contributed by atoms with Crippen LogP contribution in [0.3, 0.4) is 0 Å². The standard InChI is InChI=1S/C19H18FNO3/c1-11(2)12-3-6-15(7-4-12)21-18(22)17-10-13-9-14(20)5-8-16(13)19(23)24-17/h3-9,11,17H,10H2,1-2H3,(H,21,22). The topological polar surface area (TPSA) is 55.4 Å². The minimum absolute atomic E-state index is 0.161. The Labute approximate surface area is 139 Å². The molecule has 0 bridgehead atoms. The van der Waals surface area contributed by atoms with Crippen LogP contribution in [0, 0.1) is 5.82 Å². The summed E-state index contributed by atoms with van der Waals surface area (Å²) in [5.74, 6) is -1.06. The minimum atomic E-state index is -0.962. The van der Waals surface area contributed by atoms with Crippen LogP contribution in [-0.4, -0.2) is 18.0 Å². The quantitative estimate of drug-likeness (QED) is 0.875. The first-order valence-corrected chi connectivity index (χ1v) is 7.84. The van der Waals surface area contributed by atoms with Crippen molar-refractivity contribution in [2.75, 3.05) is 5.32 Å². The maximum Gasteiger partial charge on any atom is 0.339 e. The highest BCUT2D eigenvalue weighted by Crippen LogP contribution is 2.23. The molecule has 3 rings (SSSR count). The molecular weight excluding hydrogens is 309 g/mol. The van der Waals surface area contributed by atoms with Gasteiger partial charge in [0, 0.05) is 12.1 Å². The lowest BCUT2D eigenvalue weighted by molar-refractivity contribution is -0.125. The summed E-state index contributed by atoms with van der Waals surface area (Å²) in [7, 11) is 0. The maximum absolute atomic E-state index is 13.3. The number of fused-ring (bicyclic) bond motifs is 1. The van der Waals surface area contributed by atoms with Gasteiger partial charge in [-0.15, -0.1) is 0 Å². The molecular formula is C19H18FNO3. The summed E-state index contributed by atoms with van der Waals surface area (Å²) in [4.78, 5) is 24.3. The van der Waals surface area contributed by atoms with E-state index >= 15 is 0 Å². The van der Waals surface area contributed by atoms with Crippen molar-refractivity contribution >= 4 is 17.6 Å². The summed E-state index contributed by atoms with van der Waals surface area (Å²) in [6.07, 6.45) is -0.800.